The molecule has 1 fully saturated rings. The van der Waals surface area contributed by atoms with Gasteiger partial charge in [0.15, 0.2) is 0 Å². The monoisotopic (exact) mass is 377 g/mol. The number of unbranched alkanes of at least 4 members (excludes halogenated alkanes) is 11. The van der Waals surface area contributed by atoms with Gasteiger partial charge in [-0.2, -0.15) is 0 Å². The van der Waals surface area contributed by atoms with Crippen LogP contribution in [0.2, 0.25) is 0 Å². The zero-order valence-electron chi connectivity index (χ0n) is 19.8. The Hall–Kier alpha value is -0.300. The molecule has 0 aromatic rings. The van der Waals surface area contributed by atoms with Gasteiger partial charge in [0.2, 0.25) is 0 Å². The maximum Gasteiger partial charge on any atom is 0.0138 e. The number of hydrogen-bond acceptors (Lipinski definition) is 1. The Morgan fingerprint density at radius 3 is 1.44 bits per heavy atom. The average molecular weight is 378 g/mol. The van der Waals surface area contributed by atoms with Gasteiger partial charge < -0.3 is 5.32 Å². The van der Waals surface area contributed by atoms with Crippen molar-refractivity contribution in [3.8, 4) is 0 Å². The van der Waals surface area contributed by atoms with Crippen molar-refractivity contribution < 1.29 is 0 Å². The molecule has 0 radical (unpaired) electrons. The van der Waals surface area contributed by atoms with Gasteiger partial charge in [-0.3, -0.25) is 0 Å². The fourth-order valence-electron chi connectivity index (χ4n) is 5.76. The Balaban J connectivity index is 2.22. The van der Waals surface area contributed by atoms with Gasteiger partial charge in [-0.25, -0.2) is 0 Å². The van der Waals surface area contributed by atoms with E-state index < -0.39 is 0 Å². The summed E-state index contributed by atoms with van der Waals surface area (Å²) in [6, 6.07) is 0. The van der Waals surface area contributed by atoms with Gasteiger partial charge in [-0.15, -0.1) is 0 Å². The maximum atomic E-state index is 4.43. The van der Waals surface area contributed by atoms with E-state index in [0.717, 1.165) is 0 Å². The summed E-state index contributed by atoms with van der Waals surface area (Å²) < 4.78 is 0. The van der Waals surface area contributed by atoms with Crippen LogP contribution in [-0.4, -0.2) is 11.1 Å². The minimum Gasteiger partial charge on any atom is -0.307 e. The molecule has 1 N–H and O–H groups in total. The van der Waals surface area contributed by atoms with Crippen LogP contribution in [0.5, 0.6) is 0 Å². The van der Waals surface area contributed by atoms with E-state index in [1.807, 2.05) is 0 Å². The smallest absolute Gasteiger partial charge is 0.0138 e. The Bertz CT molecular complexity index is 402. The van der Waals surface area contributed by atoms with E-state index in [1.165, 1.54) is 102 Å². The fraction of sp³-hybridized carbons (Fsp3) is 0.923. The first-order valence-corrected chi connectivity index (χ1v) is 12.1. The molecule has 0 atom stereocenters. The predicted molar refractivity (Wildman–Crippen MR) is 123 cm³/mol. The highest BCUT2D eigenvalue weighted by molar-refractivity contribution is 5.16. The minimum absolute atomic E-state index is 0.206. The lowest BCUT2D eigenvalue weighted by Gasteiger charge is -2.54. The molecule has 1 saturated heterocycles. The van der Waals surface area contributed by atoms with Gasteiger partial charge in [0.25, 0.3) is 0 Å². The predicted octanol–water partition coefficient (Wildman–Crippen LogP) is 8.58. The van der Waals surface area contributed by atoms with Crippen molar-refractivity contribution in [3.05, 3.63) is 12.2 Å². The highest BCUT2D eigenvalue weighted by Gasteiger charge is 2.46. The zero-order valence-corrected chi connectivity index (χ0v) is 19.8. The van der Waals surface area contributed by atoms with Crippen molar-refractivity contribution in [2.24, 2.45) is 5.41 Å². The summed E-state index contributed by atoms with van der Waals surface area (Å²) in [7, 11) is 0. The first-order valence-electron chi connectivity index (χ1n) is 12.1. The molecule has 1 heteroatoms. The second-order valence-corrected chi connectivity index (χ2v) is 10.9. The number of hydrogen-bond donors (Lipinski definition) is 1. The van der Waals surface area contributed by atoms with Gasteiger partial charge in [-0.05, 0) is 59.3 Å². The summed E-state index contributed by atoms with van der Waals surface area (Å²) in [5.74, 6) is 0. The second-order valence-electron chi connectivity index (χ2n) is 10.9. The van der Waals surface area contributed by atoms with Crippen molar-refractivity contribution in [2.75, 3.05) is 0 Å². The SMILES string of the molecule is C=C(C)C1(CCCCCCCCCCCCCC)CC(C)(C)NC(C)(C)C1. The first kappa shape index (κ1) is 24.7. The Kier molecular flexibility index (Phi) is 10.7. The lowest BCUT2D eigenvalue weighted by atomic mass is 9.60. The molecule has 27 heavy (non-hydrogen) atoms. The summed E-state index contributed by atoms with van der Waals surface area (Å²) >= 11 is 0. The molecule has 0 aliphatic carbocycles. The largest absolute Gasteiger partial charge is 0.307 e. The molecule has 0 unspecified atom stereocenters. The van der Waals surface area contributed by atoms with Crippen molar-refractivity contribution in [3.63, 3.8) is 0 Å². The zero-order chi connectivity index (χ0) is 20.4. The van der Waals surface area contributed by atoms with Gasteiger partial charge in [0.05, 0.1) is 0 Å². The molecule has 0 saturated carbocycles. The standard InChI is InChI=1S/C26H51N/c1-8-9-10-11-12-13-14-15-16-17-18-19-20-26(23(2)3)21-24(4,5)27-25(6,7)22-26/h27H,2,8-22H2,1,3-7H3. The third kappa shape index (κ3) is 9.64. The summed E-state index contributed by atoms with van der Waals surface area (Å²) in [4.78, 5) is 0. The van der Waals surface area contributed by atoms with E-state index in [-0.39, 0.29) is 11.1 Å². The molecule has 0 amide bonds. The van der Waals surface area contributed by atoms with Crippen LogP contribution in [-0.2, 0) is 0 Å². The summed E-state index contributed by atoms with van der Waals surface area (Å²) in [5.41, 5.74) is 2.15. The highest BCUT2D eigenvalue weighted by Crippen LogP contribution is 2.49. The van der Waals surface area contributed by atoms with Crippen LogP contribution < -0.4 is 5.32 Å². The molecule has 0 aromatic heterocycles. The van der Waals surface area contributed by atoms with Crippen LogP contribution >= 0.6 is 0 Å². The van der Waals surface area contributed by atoms with E-state index in [9.17, 15) is 0 Å². The molecule has 1 rings (SSSR count). The van der Waals surface area contributed by atoms with Crippen molar-refractivity contribution in [2.45, 2.75) is 149 Å². The average Bonchev–Trinajstić information content (AvgIpc) is 2.53. The molecule has 1 heterocycles. The van der Waals surface area contributed by atoms with Crippen LogP contribution in [0.15, 0.2) is 12.2 Å². The van der Waals surface area contributed by atoms with Gasteiger partial charge in [0.1, 0.15) is 0 Å². The third-order valence-corrected chi connectivity index (χ3v) is 6.65. The molecule has 1 aliphatic heterocycles. The van der Waals surface area contributed by atoms with Gasteiger partial charge in [-0.1, -0.05) is 96.1 Å². The first-order chi connectivity index (χ1) is 12.6. The van der Waals surface area contributed by atoms with Crippen molar-refractivity contribution in [1.82, 2.24) is 5.32 Å². The van der Waals surface area contributed by atoms with E-state index in [4.69, 9.17) is 0 Å². The third-order valence-electron chi connectivity index (χ3n) is 6.65. The molecule has 1 aliphatic rings. The summed E-state index contributed by atoms with van der Waals surface area (Å²) in [6.45, 7) is 18.5. The van der Waals surface area contributed by atoms with Gasteiger partial charge in [0, 0.05) is 11.1 Å². The van der Waals surface area contributed by atoms with Crippen molar-refractivity contribution in [1.29, 1.82) is 0 Å². The molecule has 0 spiro atoms. The molecule has 0 aromatic carbocycles. The highest BCUT2D eigenvalue weighted by atomic mass is 15.1. The molecule has 160 valence electrons. The number of allylic oxidation sites excluding steroid dienone is 1. The molecular weight excluding hydrogens is 326 g/mol. The van der Waals surface area contributed by atoms with Crippen LogP contribution in [0.3, 0.4) is 0 Å². The summed E-state index contributed by atoms with van der Waals surface area (Å²) in [6.07, 6.45) is 20.9. The Morgan fingerprint density at radius 1 is 0.704 bits per heavy atom. The number of piperidine rings is 1. The van der Waals surface area contributed by atoms with Crippen LogP contribution in [0.4, 0.5) is 0 Å². The van der Waals surface area contributed by atoms with E-state index >= 15 is 0 Å². The van der Waals surface area contributed by atoms with Crippen LogP contribution in [0, 0.1) is 5.41 Å². The number of rotatable bonds is 14. The topological polar surface area (TPSA) is 12.0 Å². The second kappa shape index (κ2) is 11.6. The minimum atomic E-state index is 0.206. The van der Waals surface area contributed by atoms with E-state index in [2.05, 4.69) is 53.4 Å². The Labute approximate surface area is 172 Å². The molecular formula is C26H51N. The quantitative estimate of drug-likeness (QED) is 0.236. The lowest BCUT2D eigenvalue weighted by molar-refractivity contribution is 0.0647. The number of nitrogens with one attached hydrogen (secondary N) is 1. The normalized spacial score (nSPS) is 20.5. The van der Waals surface area contributed by atoms with Crippen molar-refractivity contribution >= 4 is 0 Å². The summed E-state index contributed by atoms with van der Waals surface area (Å²) in [5, 5.41) is 3.85. The molecule has 0 bridgehead atoms. The Morgan fingerprint density at radius 2 is 1.07 bits per heavy atom. The lowest BCUT2D eigenvalue weighted by Crippen LogP contribution is -2.61. The maximum absolute atomic E-state index is 4.43. The van der Waals surface area contributed by atoms with E-state index in [0.29, 0.717) is 5.41 Å². The van der Waals surface area contributed by atoms with E-state index in [1.54, 1.807) is 0 Å². The van der Waals surface area contributed by atoms with Crippen LogP contribution in [0.25, 0.3) is 0 Å². The fourth-order valence-corrected chi connectivity index (χ4v) is 5.76. The van der Waals surface area contributed by atoms with Crippen LogP contribution in [0.1, 0.15) is 138 Å². The molecule has 1 nitrogen and oxygen atoms in total. The van der Waals surface area contributed by atoms with Gasteiger partial charge >= 0.3 is 0 Å².